The number of nitrogens with two attached hydrogens (primary N) is 1. The molecule has 0 saturated heterocycles. The van der Waals surface area contributed by atoms with Gasteiger partial charge in [-0.3, -0.25) is 4.79 Å². The van der Waals surface area contributed by atoms with Crippen LogP contribution in [0.25, 0.3) is 0 Å². The van der Waals surface area contributed by atoms with Crippen molar-refractivity contribution in [2.75, 3.05) is 0 Å². The summed E-state index contributed by atoms with van der Waals surface area (Å²) in [6, 6.07) is 0. The molecular weight excluding hydrogens is 174 g/mol. The lowest BCUT2D eigenvalue weighted by atomic mass is 9.69. The maximum Gasteiger partial charge on any atom is 0.223 e. The molecule has 1 amide bonds. The van der Waals surface area contributed by atoms with Crippen LogP contribution in [-0.4, -0.2) is 5.91 Å². The van der Waals surface area contributed by atoms with Crippen molar-refractivity contribution in [2.45, 2.75) is 44.9 Å². The summed E-state index contributed by atoms with van der Waals surface area (Å²) in [4.78, 5) is 11.6. The molecule has 3 rings (SSSR count). The molecule has 1 unspecified atom stereocenters. The molecule has 78 valence electrons. The van der Waals surface area contributed by atoms with Crippen LogP contribution in [0.1, 0.15) is 44.9 Å². The van der Waals surface area contributed by atoms with E-state index >= 15 is 0 Å². The fourth-order valence-electron chi connectivity index (χ4n) is 4.46. The van der Waals surface area contributed by atoms with Crippen molar-refractivity contribution in [3.63, 3.8) is 0 Å². The molecule has 2 nitrogen and oxygen atoms in total. The van der Waals surface area contributed by atoms with Crippen molar-refractivity contribution in [3.8, 4) is 0 Å². The predicted molar refractivity (Wildman–Crippen MR) is 54.4 cm³/mol. The second-order valence-electron chi connectivity index (χ2n) is 5.81. The summed E-state index contributed by atoms with van der Waals surface area (Å²) < 4.78 is 0. The third kappa shape index (κ3) is 1.06. The minimum atomic E-state index is -0.0708. The van der Waals surface area contributed by atoms with E-state index in [0.717, 1.165) is 37.0 Å². The minimum Gasteiger partial charge on any atom is -0.369 e. The van der Waals surface area contributed by atoms with Crippen LogP contribution in [0.2, 0.25) is 0 Å². The second-order valence-corrected chi connectivity index (χ2v) is 5.81. The van der Waals surface area contributed by atoms with Crippen LogP contribution in [0.15, 0.2) is 0 Å². The predicted octanol–water partition coefficient (Wildman–Crippen LogP) is 2.08. The molecule has 3 fully saturated rings. The Balaban J connectivity index is 1.95. The summed E-state index contributed by atoms with van der Waals surface area (Å²) in [7, 11) is 0. The maximum absolute atomic E-state index is 11.6. The highest BCUT2D eigenvalue weighted by molar-refractivity contribution is 5.81. The van der Waals surface area contributed by atoms with Crippen LogP contribution >= 0.6 is 0 Å². The van der Waals surface area contributed by atoms with Gasteiger partial charge in [-0.15, -0.1) is 0 Å². The number of hydrogen-bond donors (Lipinski definition) is 1. The van der Waals surface area contributed by atoms with Crippen LogP contribution < -0.4 is 5.73 Å². The lowest BCUT2D eigenvalue weighted by molar-refractivity contribution is -0.129. The fraction of sp³-hybridized carbons (Fsp3) is 0.917. The molecule has 0 aliphatic heterocycles. The molecule has 0 radical (unpaired) electrons. The van der Waals surface area contributed by atoms with Gasteiger partial charge in [0.05, 0.1) is 0 Å². The van der Waals surface area contributed by atoms with Crippen molar-refractivity contribution in [3.05, 3.63) is 0 Å². The van der Waals surface area contributed by atoms with E-state index in [1.54, 1.807) is 0 Å². The topological polar surface area (TPSA) is 43.1 Å². The van der Waals surface area contributed by atoms with E-state index in [1.165, 1.54) is 25.7 Å². The monoisotopic (exact) mass is 193 g/mol. The average molecular weight is 193 g/mol. The first-order valence-electron chi connectivity index (χ1n) is 5.99. The Morgan fingerprint density at radius 2 is 1.93 bits per heavy atom. The van der Waals surface area contributed by atoms with Crippen molar-refractivity contribution in [2.24, 2.45) is 28.9 Å². The summed E-state index contributed by atoms with van der Waals surface area (Å²) in [6.45, 7) is 0. The van der Waals surface area contributed by atoms with Gasteiger partial charge in [0.2, 0.25) is 5.91 Å². The Kier molecular flexibility index (Phi) is 1.71. The van der Waals surface area contributed by atoms with Crippen LogP contribution in [0.5, 0.6) is 0 Å². The van der Waals surface area contributed by atoms with Crippen LogP contribution in [0.4, 0.5) is 0 Å². The van der Waals surface area contributed by atoms with Gasteiger partial charge in [0, 0.05) is 5.41 Å². The summed E-state index contributed by atoms with van der Waals surface area (Å²) in [6.07, 6.45) is 8.82. The Morgan fingerprint density at radius 3 is 2.71 bits per heavy atom. The number of rotatable bonds is 1. The zero-order chi connectivity index (χ0) is 9.76. The third-order valence-electron chi connectivity index (χ3n) is 5.00. The van der Waals surface area contributed by atoms with Gasteiger partial charge < -0.3 is 5.73 Å². The molecule has 3 bridgehead atoms. The van der Waals surface area contributed by atoms with Gasteiger partial charge in [0.25, 0.3) is 0 Å². The lowest BCUT2D eigenvalue weighted by Gasteiger charge is -2.35. The van der Waals surface area contributed by atoms with Gasteiger partial charge in [-0.1, -0.05) is 19.3 Å². The maximum atomic E-state index is 11.6. The number of amides is 1. The summed E-state index contributed by atoms with van der Waals surface area (Å²) in [5, 5.41) is 0. The smallest absolute Gasteiger partial charge is 0.223 e. The molecule has 4 atom stereocenters. The van der Waals surface area contributed by atoms with Crippen LogP contribution in [-0.2, 0) is 4.79 Å². The van der Waals surface area contributed by atoms with Crippen molar-refractivity contribution in [1.82, 2.24) is 0 Å². The fourth-order valence-corrected chi connectivity index (χ4v) is 4.46. The molecule has 2 N–H and O–H groups in total. The normalized spacial score (nSPS) is 50.4. The first-order valence-corrected chi connectivity index (χ1v) is 5.99. The van der Waals surface area contributed by atoms with Gasteiger partial charge in [-0.25, -0.2) is 0 Å². The van der Waals surface area contributed by atoms with Crippen LogP contribution in [0.3, 0.4) is 0 Å². The Bertz CT molecular complexity index is 271. The lowest BCUT2D eigenvalue weighted by Crippen LogP contribution is -2.39. The minimum absolute atomic E-state index is 0.00315. The van der Waals surface area contributed by atoms with E-state index in [-0.39, 0.29) is 11.3 Å². The van der Waals surface area contributed by atoms with E-state index in [1.807, 2.05) is 0 Å². The molecule has 2 heteroatoms. The van der Waals surface area contributed by atoms with Crippen molar-refractivity contribution >= 4 is 5.91 Å². The molecular formula is C12H19NO. The Labute approximate surface area is 85.2 Å². The zero-order valence-corrected chi connectivity index (χ0v) is 8.67. The first kappa shape index (κ1) is 8.75. The molecule has 3 aliphatic carbocycles. The quantitative estimate of drug-likeness (QED) is 0.680. The van der Waals surface area contributed by atoms with Gasteiger partial charge in [0.1, 0.15) is 0 Å². The Morgan fingerprint density at radius 1 is 1.14 bits per heavy atom. The summed E-state index contributed by atoms with van der Waals surface area (Å²) >= 11 is 0. The van der Waals surface area contributed by atoms with Crippen molar-refractivity contribution in [1.29, 1.82) is 0 Å². The number of carbonyl (C=O) groups excluding carboxylic acids is 1. The number of fused-ring (bicyclic) bond motifs is 2. The number of hydrogen-bond acceptors (Lipinski definition) is 1. The Hall–Kier alpha value is -0.530. The molecule has 0 aromatic rings. The van der Waals surface area contributed by atoms with Crippen LogP contribution in [0, 0.1) is 23.2 Å². The van der Waals surface area contributed by atoms with Gasteiger partial charge in [-0.2, -0.15) is 0 Å². The van der Waals surface area contributed by atoms with E-state index < -0.39 is 0 Å². The van der Waals surface area contributed by atoms with Crippen molar-refractivity contribution < 1.29 is 4.79 Å². The largest absolute Gasteiger partial charge is 0.369 e. The standard InChI is InChI=1S/C12H19NO/c13-11(14)12-5-8-2-1-3-9(6-12)10(4-8)7-12/h8-10H,1-7H2,(H2,13,14)/t8-,9-,10?,12+/m0/s1. The highest BCUT2D eigenvalue weighted by Gasteiger charge is 2.54. The number of primary amides is 1. The molecule has 0 heterocycles. The average Bonchev–Trinajstić information content (AvgIpc) is 2.30. The van der Waals surface area contributed by atoms with Gasteiger partial charge in [0.15, 0.2) is 0 Å². The summed E-state index contributed by atoms with van der Waals surface area (Å²) in [5.74, 6) is 2.48. The third-order valence-corrected chi connectivity index (χ3v) is 5.00. The second kappa shape index (κ2) is 2.74. The zero-order valence-electron chi connectivity index (χ0n) is 8.67. The summed E-state index contributed by atoms with van der Waals surface area (Å²) in [5.41, 5.74) is 5.53. The number of carbonyl (C=O) groups is 1. The van der Waals surface area contributed by atoms with E-state index in [0.29, 0.717) is 0 Å². The highest BCUT2D eigenvalue weighted by Crippen LogP contribution is 2.59. The highest BCUT2D eigenvalue weighted by atomic mass is 16.1. The molecule has 3 aliphatic rings. The molecule has 0 aromatic carbocycles. The molecule has 0 aromatic heterocycles. The van der Waals surface area contributed by atoms with E-state index in [2.05, 4.69) is 0 Å². The van der Waals surface area contributed by atoms with Gasteiger partial charge in [-0.05, 0) is 43.4 Å². The van der Waals surface area contributed by atoms with E-state index in [4.69, 9.17) is 5.73 Å². The first-order chi connectivity index (χ1) is 6.70. The SMILES string of the molecule is NC(=O)[C@@]12CC3C[C@H](CCC[C@H]3C1)C2. The molecule has 0 spiro atoms. The van der Waals surface area contributed by atoms with Gasteiger partial charge >= 0.3 is 0 Å². The molecule has 14 heavy (non-hydrogen) atoms. The molecule has 3 saturated carbocycles. The van der Waals surface area contributed by atoms with E-state index in [9.17, 15) is 4.79 Å².